The van der Waals surface area contributed by atoms with Crippen molar-refractivity contribution in [2.24, 2.45) is 0 Å². The van der Waals surface area contributed by atoms with E-state index in [1.54, 1.807) is 13.8 Å². The van der Waals surface area contributed by atoms with Crippen LogP contribution < -0.4 is 4.72 Å². The standard InChI is InChI=1S/C14H18N2O4S/c1-10(2)20-14(3,4)13(17)16-21(18,19)12-7-5-6-11(8-12)9-15/h5-8,10H,1-4H3,(H,16,17). The Morgan fingerprint density at radius 2 is 2.00 bits per heavy atom. The van der Waals surface area contributed by atoms with Crippen molar-refractivity contribution in [3.63, 3.8) is 0 Å². The van der Waals surface area contributed by atoms with E-state index in [2.05, 4.69) is 0 Å². The molecule has 0 aromatic heterocycles. The second kappa shape index (κ2) is 6.24. The predicted octanol–water partition coefficient (Wildman–Crippen LogP) is 1.57. The van der Waals surface area contributed by atoms with Gasteiger partial charge in [0.25, 0.3) is 15.9 Å². The van der Waals surface area contributed by atoms with Crippen molar-refractivity contribution in [3.05, 3.63) is 29.8 Å². The molecule has 0 atom stereocenters. The van der Waals surface area contributed by atoms with Crippen molar-refractivity contribution in [2.45, 2.75) is 44.3 Å². The lowest BCUT2D eigenvalue weighted by molar-refractivity contribution is -0.145. The SMILES string of the molecule is CC(C)OC(C)(C)C(=O)NS(=O)(=O)c1cccc(C#N)c1. The van der Waals surface area contributed by atoms with Crippen molar-refractivity contribution < 1.29 is 17.9 Å². The molecule has 1 rings (SSSR count). The Hall–Kier alpha value is -1.91. The van der Waals surface area contributed by atoms with Crippen molar-refractivity contribution in [1.29, 1.82) is 5.26 Å². The summed E-state index contributed by atoms with van der Waals surface area (Å²) in [6.45, 7) is 6.48. The Labute approximate surface area is 124 Å². The number of nitrogens with zero attached hydrogens (tertiary/aromatic N) is 1. The Bertz CT molecular complexity index is 672. The summed E-state index contributed by atoms with van der Waals surface area (Å²) in [6, 6.07) is 7.28. The van der Waals surface area contributed by atoms with Crippen LogP contribution in [0.4, 0.5) is 0 Å². The summed E-state index contributed by atoms with van der Waals surface area (Å²) >= 11 is 0. The van der Waals surface area contributed by atoms with Gasteiger partial charge in [0.15, 0.2) is 0 Å². The Kier molecular flexibility index (Phi) is 5.10. The molecule has 0 aliphatic rings. The molecule has 1 aromatic rings. The van der Waals surface area contributed by atoms with E-state index in [0.29, 0.717) is 0 Å². The molecule has 0 saturated heterocycles. The summed E-state index contributed by atoms with van der Waals surface area (Å²) in [4.78, 5) is 11.9. The first-order chi connectivity index (χ1) is 9.58. The number of sulfonamides is 1. The summed E-state index contributed by atoms with van der Waals surface area (Å²) < 4.78 is 31.7. The molecular formula is C14H18N2O4S. The molecule has 21 heavy (non-hydrogen) atoms. The first kappa shape index (κ1) is 17.1. The van der Waals surface area contributed by atoms with Crippen molar-refractivity contribution in [1.82, 2.24) is 4.72 Å². The van der Waals surface area contributed by atoms with Gasteiger partial charge in [0.05, 0.1) is 22.6 Å². The largest absolute Gasteiger partial charge is 0.363 e. The summed E-state index contributed by atoms with van der Waals surface area (Å²) in [6.07, 6.45) is -0.227. The number of ether oxygens (including phenoxy) is 1. The fourth-order valence-corrected chi connectivity index (χ4v) is 2.83. The van der Waals surface area contributed by atoms with E-state index >= 15 is 0 Å². The van der Waals surface area contributed by atoms with Crippen LogP contribution in [0.2, 0.25) is 0 Å². The number of benzene rings is 1. The average molecular weight is 310 g/mol. The first-order valence-corrected chi connectivity index (χ1v) is 7.82. The van der Waals surface area contributed by atoms with Crippen LogP contribution in [0, 0.1) is 11.3 Å². The topological polar surface area (TPSA) is 96.3 Å². The van der Waals surface area contributed by atoms with Gasteiger partial charge in [-0.2, -0.15) is 5.26 Å². The minimum Gasteiger partial charge on any atom is -0.363 e. The van der Waals surface area contributed by atoms with Crippen LogP contribution in [-0.4, -0.2) is 26.0 Å². The van der Waals surface area contributed by atoms with Gasteiger partial charge in [0.2, 0.25) is 0 Å². The zero-order chi connectivity index (χ0) is 16.3. The van der Waals surface area contributed by atoms with Gasteiger partial charge in [0.1, 0.15) is 5.60 Å². The van der Waals surface area contributed by atoms with Gasteiger partial charge in [-0.3, -0.25) is 4.79 Å². The maximum absolute atomic E-state index is 12.1. The molecule has 6 nitrogen and oxygen atoms in total. The van der Waals surface area contributed by atoms with Gasteiger partial charge < -0.3 is 4.74 Å². The van der Waals surface area contributed by atoms with Crippen LogP contribution in [0.3, 0.4) is 0 Å². The lowest BCUT2D eigenvalue weighted by Crippen LogP contribution is -2.47. The molecule has 1 N–H and O–H groups in total. The van der Waals surface area contributed by atoms with E-state index in [4.69, 9.17) is 10.00 Å². The minimum absolute atomic E-state index is 0.143. The fourth-order valence-electron chi connectivity index (χ4n) is 1.68. The van der Waals surface area contributed by atoms with Gasteiger partial charge in [-0.25, -0.2) is 13.1 Å². The van der Waals surface area contributed by atoms with Crippen molar-refractivity contribution in [3.8, 4) is 6.07 Å². The maximum atomic E-state index is 12.1. The third-order valence-corrected chi connectivity index (χ3v) is 3.91. The Morgan fingerprint density at radius 1 is 1.38 bits per heavy atom. The second-order valence-electron chi connectivity index (χ2n) is 5.25. The number of carbonyl (C=O) groups is 1. The quantitative estimate of drug-likeness (QED) is 0.890. The summed E-state index contributed by atoms with van der Waals surface area (Å²) in [7, 11) is -4.04. The smallest absolute Gasteiger partial charge is 0.265 e. The maximum Gasteiger partial charge on any atom is 0.265 e. The zero-order valence-electron chi connectivity index (χ0n) is 12.4. The Morgan fingerprint density at radius 3 is 2.52 bits per heavy atom. The van der Waals surface area contributed by atoms with Gasteiger partial charge in [-0.1, -0.05) is 6.07 Å². The molecular weight excluding hydrogens is 292 g/mol. The molecule has 0 radical (unpaired) electrons. The second-order valence-corrected chi connectivity index (χ2v) is 6.93. The zero-order valence-corrected chi connectivity index (χ0v) is 13.2. The Balaban J connectivity index is 3.00. The molecule has 1 amide bonds. The van der Waals surface area contributed by atoms with E-state index < -0.39 is 21.5 Å². The molecule has 0 aliphatic carbocycles. The molecule has 0 bridgehead atoms. The molecule has 7 heteroatoms. The molecule has 0 unspecified atom stereocenters. The number of amides is 1. The summed E-state index contributed by atoms with van der Waals surface area (Å²) in [5, 5.41) is 8.79. The summed E-state index contributed by atoms with van der Waals surface area (Å²) in [5.41, 5.74) is -1.09. The van der Waals surface area contributed by atoms with Gasteiger partial charge in [0, 0.05) is 0 Å². The normalized spacial score (nSPS) is 12.0. The molecule has 0 heterocycles. The molecule has 0 aliphatic heterocycles. The van der Waals surface area contributed by atoms with E-state index in [1.165, 1.54) is 38.1 Å². The number of nitriles is 1. The number of hydrogen-bond donors (Lipinski definition) is 1. The molecule has 114 valence electrons. The highest BCUT2D eigenvalue weighted by molar-refractivity contribution is 7.90. The minimum atomic E-state index is -4.04. The lowest BCUT2D eigenvalue weighted by atomic mass is 10.1. The number of carbonyl (C=O) groups excluding carboxylic acids is 1. The third kappa shape index (κ3) is 4.55. The van der Waals surface area contributed by atoms with Gasteiger partial charge in [-0.15, -0.1) is 0 Å². The molecule has 1 aromatic carbocycles. The van der Waals surface area contributed by atoms with E-state index in [-0.39, 0.29) is 16.6 Å². The monoisotopic (exact) mass is 310 g/mol. The van der Waals surface area contributed by atoms with Gasteiger partial charge >= 0.3 is 0 Å². The van der Waals surface area contributed by atoms with Crippen LogP contribution in [0.1, 0.15) is 33.3 Å². The van der Waals surface area contributed by atoms with Crippen LogP contribution in [-0.2, 0) is 19.6 Å². The highest BCUT2D eigenvalue weighted by atomic mass is 32.2. The molecule has 0 spiro atoms. The van der Waals surface area contributed by atoms with Gasteiger partial charge in [-0.05, 0) is 45.9 Å². The number of hydrogen-bond acceptors (Lipinski definition) is 5. The van der Waals surface area contributed by atoms with Crippen LogP contribution >= 0.6 is 0 Å². The van der Waals surface area contributed by atoms with E-state index in [9.17, 15) is 13.2 Å². The fraction of sp³-hybridized carbons (Fsp3) is 0.429. The van der Waals surface area contributed by atoms with Crippen molar-refractivity contribution >= 4 is 15.9 Å². The molecule has 0 fully saturated rings. The van der Waals surface area contributed by atoms with E-state index in [0.717, 1.165) is 0 Å². The first-order valence-electron chi connectivity index (χ1n) is 6.34. The third-order valence-electron chi connectivity index (χ3n) is 2.58. The van der Waals surface area contributed by atoms with Crippen molar-refractivity contribution in [2.75, 3.05) is 0 Å². The average Bonchev–Trinajstić information content (AvgIpc) is 2.36. The number of rotatable bonds is 5. The number of nitrogens with one attached hydrogen (secondary N) is 1. The lowest BCUT2D eigenvalue weighted by Gasteiger charge is -2.26. The molecule has 0 saturated carbocycles. The summed E-state index contributed by atoms with van der Waals surface area (Å²) in [5.74, 6) is -0.765. The highest BCUT2D eigenvalue weighted by Gasteiger charge is 2.33. The van der Waals surface area contributed by atoms with Crippen LogP contribution in [0.25, 0.3) is 0 Å². The highest BCUT2D eigenvalue weighted by Crippen LogP contribution is 2.16. The van der Waals surface area contributed by atoms with E-state index in [1.807, 2.05) is 10.8 Å². The van der Waals surface area contributed by atoms with Crippen LogP contribution in [0.5, 0.6) is 0 Å². The predicted molar refractivity (Wildman–Crippen MR) is 76.8 cm³/mol. The van der Waals surface area contributed by atoms with Crippen LogP contribution in [0.15, 0.2) is 29.2 Å².